The molecule has 0 amide bonds. The summed E-state index contributed by atoms with van der Waals surface area (Å²) in [7, 11) is 0. The maximum Gasteiger partial charge on any atom is 0.0462 e. The highest BCUT2D eigenvalue weighted by atomic mass is 15.1. The van der Waals surface area contributed by atoms with Gasteiger partial charge in [0.1, 0.15) is 0 Å². The summed E-state index contributed by atoms with van der Waals surface area (Å²) in [6, 6.07) is 57.5. The Morgan fingerprint density at radius 3 is 1.06 bits per heavy atom. The normalized spacial score (nSPS) is 11.8. The molecule has 0 bridgehead atoms. The molecular weight excluding hydrogens is 581 g/mol. The largest absolute Gasteiger partial charge is 0.311 e. The molecule has 6 aromatic rings. The van der Waals surface area contributed by atoms with Crippen molar-refractivity contribution in [1.82, 2.24) is 0 Å². The Kier molecular flexibility index (Phi) is 10.6. The predicted octanol–water partition coefficient (Wildman–Crippen LogP) is 13.1. The van der Waals surface area contributed by atoms with E-state index in [9.17, 15) is 0 Å². The average molecular weight is 621 g/mol. The molecule has 0 saturated heterocycles. The van der Waals surface area contributed by atoms with Gasteiger partial charge in [-0.3, -0.25) is 0 Å². The molecular formula is C46H40N2. The number of hydrogen-bond donors (Lipinski definition) is 0. The molecule has 0 heterocycles. The lowest BCUT2D eigenvalue weighted by Gasteiger charge is -2.26. The minimum atomic E-state index is 1.13. The van der Waals surface area contributed by atoms with Crippen molar-refractivity contribution in [3.05, 3.63) is 210 Å². The smallest absolute Gasteiger partial charge is 0.0462 e. The maximum absolute atomic E-state index is 2.28. The number of allylic oxidation sites excluding steroid dienone is 3. The molecule has 0 spiro atoms. The molecule has 0 aliphatic heterocycles. The molecule has 0 unspecified atom stereocenters. The van der Waals surface area contributed by atoms with Crippen molar-refractivity contribution in [3.63, 3.8) is 0 Å². The Labute approximate surface area is 285 Å². The Balaban J connectivity index is 1.11. The Morgan fingerprint density at radius 1 is 0.375 bits per heavy atom. The predicted molar refractivity (Wildman–Crippen MR) is 209 cm³/mol. The molecule has 0 saturated carbocycles. The van der Waals surface area contributed by atoms with Crippen molar-refractivity contribution in [2.45, 2.75) is 13.8 Å². The standard InChI is InChI=1S/C46H40N2/c1-3-14-41(4-2)47(42-15-8-5-9-16-42)45-33-29-39(30-34-45)27-25-37-21-23-38(24-22-37)26-28-40-31-35-46(36-32-40)48(43-17-10-6-11-18-43)44-19-12-7-13-20-44/h3-36H,1-2H3/b14-3-,27-25+,28-26+,41-4+. The first-order valence-electron chi connectivity index (χ1n) is 16.4. The molecule has 6 rings (SSSR count). The molecule has 0 fully saturated rings. The van der Waals surface area contributed by atoms with Crippen LogP contribution in [0.25, 0.3) is 24.3 Å². The summed E-state index contributed by atoms with van der Waals surface area (Å²) in [5, 5.41) is 0. The van der Waals surface area contributed by atoms with Crippen molar-refractivity contribution in [2.24, 2.45) is 0 Å². The van der Waals surface area contributed by atoms with Crippen LogP contribution in [0.5, 0.6) is 0 Å². The van der Waals surface area contributed by atoms with Crippen molar-refractivity contribution in [2.75, 3.05) is 9.80 Å². The first-order valence-corrected chi connectivity index (χ1v) is 16.4. The van der Waals surface area contributed by atoms with Gasteiger partial charge in [-0.15, -0.1) is 0 Å². The van der Waals surface area contributed by atoms with E-state index in [0.29, 0.717) is 0 Å². The molecule has 0 aliphatic carbocycles. The summed E-state index contributed by atoms with van der Waals surface area (Å²) >= 11 is 0. The summed E-state index contributed by atoms with van der Waals surface area (Å²) in [6.45, 7) is 4.13. The minimum Gasteiger partial charge on any atom is -0.311 e. The first-order chi connectivity index (χ1) is 23.7. The Morgan fingerprint density at radius 2 is 0.688 bits per heavy atom. The molecule has 234 valence electrons. The summed E-state index contributed by atoms with van der Waals surface area (Å²) in [5.74, 6) is 0. The highest BCUT2D eigenvalue weighted by molar-refractivity contribution is 5.79. The molecule has 48 heavy (non-hydrogen) atoms. The molecule has 0 aliphatic rings. The van der Waals surface area contributed by atoms with Crippen molar-refractivity contribution in [1.29, 1.82) is 0 Å². The molecule has 0 radical (unpaired) electrons. The molecule has 2 heteroatoms. The summed E-state index contributed by atoms with van der Waals surface area (Å²) in [5.41, 5.74) is 11.4. The van der Waals surface area contributed by atoms with E-state index in [1.807, 2.05) is 0 Å². The fraction of sp³-hybridized carbons (Fsp3) is 0.0435. The summed E-state index contributed by atoms with van der Waals surface area (Å²) < 4.78 is 0. The summed E-state index contributed by atoms with van der Waals surface area (Å²) in [6.07, 6.45) is 15.0. The number of benzene rings is 6. The highest BCUT2D eigenvalue weighted by Crippen LogP contribution is 2.34. The second kappa shape index (κ2) is 15.9. The fourth-order valence-corrected chi connectivity index (χ4v) is 5.67. The number of rotatable bonds is 11. The lowest BCUT2D eigenvalue weighted by Crippen LogP contribution is -2.14. The third-order valence-electron chi connectivity index (χ3n) is 8.11. The quantitative estimate of drug-likeness (QED) is 0.105. The van der Waals surface area contributed by atoms with Gasteiger partial charge in [0.25, 0.3) is 0 Å². The Hall–Kier alpha value is -6.12. The number of para-hydroxylation sites is 3. The first kappa shape index (κ1) is 31.8. The zero-order valence-electron chi connectivity index (χ0n) is 27.5. The van der Waals surface area contributed by atoms with Crippen LogP contribution in [-0.2, 0) is 0 Å². The van der Waals surface area contributed by atoms with Crippen LogP contribution in [0.1, 0.15) is 36.1 Å². The molecule has 0 N–H and O–H groups in total. The minimum absolute atomic E-state index is 1.13. The van der Waals surface area contributed by atoms with Crippen molar-refractivity contribution >= 4 is 52.7 Å². The van der Waals surface area contributed by atoms with Crippen LogP contribution in [0.3, 0.4) is 0 Å². The SMILES string of the molecule is C/C=C\C(=C/C)N(c1ccccc1)c1ccc(/C=C/c2ccc(/C=C/c3ccc(N(c4ccccc4)c4ccccc4)cc3)cc2)cc1. The topological polar surface area (TPSA) is 6.48 Å². The van der Waals surface area contributed by atoms with Crippen LogP contribution in [-0.4, -0.2) is 0 Å². The number of hydrogen-bond acceptors (Lipinski definition) is 2. The zero-order valence-corrected chi connectivity index (χ0v) is 27.5. The van der Waals surface area contributed by atoms with Gasteiger partial charge in [0.2, 0.25) is 0 Å². The molecule has 0 atom stereocenters. The van der Waals surface area contributed by atoms with E-state index in [2.05, 4.69) is 230 Å². The fourth-order valence-electron chi connectivity index (χ4n) is 5.67. The van der Waals surface area contributed by atoms with Crippen LogP contribution in [0.15, 0.2) is 188 Å². The van der Waals surface area contributed by atoms with Gasteiger partial charge in [-0.1, -0.05) is 140 Å². The highest BCUT2D eigenvalue weighted by Gasteiger charge is 2.13. The van der Waals surface area contributed by atoms with E-state index in [0.717, 1.165) is 56.4 Å². The number of anilines is 5. The van der Waals surface area contributed by atoms with Crippen LogP contribution >= 0.6 is 0 Å². The average Bonchev–Trinajstić information content (AvgIpc) is 3.16. The van der Waals surface area contributed by atoms with Crippen LogP contribution in [0.4, 0.5) is 28.4 Å². The third-order valence-corrected chi connectivity index (χ3v) is 8.11. The monoisotopic (exact) mass is 620 g/mol. The van der Waals surface area contributed by atoms with Crippen molar-refractivity contribution in [3.8, 4) is 0 Å². The van der Waals surface area contributed by atoms with E-state index in [-0.39, 0.29) is 0 Å². The van der Waals surface area contributed by atoms with Gasteiger partial charge in [-0.2, -0.15) is 0 Å². The Bertz CT molecular complexity index is 1950. The van der Waals surface area contributed by atoms with Gasteiger partial charge in [-0.05, 0) is 103 Å². The van der Waals surface area contributed by atoms with Gasteiger partial charge >= 0.3 is 0 Å². The van der Waals surface area contributed by atoms with E-state index in [4.69, 9.17) is 0 Å². The zero-order chi connectivity index (χ0) is 33.0. The molecule has 6 aromatic carbocycles. The van der Waals surface area contributed by atoms with Crippen LogP contribution in [0.2, 0.25) is 0 Å². The number of nitrogens with zero attached hydrogens (tertiary/aromatic N) is 2. The van der Waals surface area contributed by atoms with Crippen LogP contribution < -0.4 is 9.80 Å². The van der Waals surface area contributed by atoms with E-state index in [1.165, 1.54) is 0 Å². The van der Waals surface area contributed by atoms with Crippen LogP contribution in [0, 0.1) is 0 Å². The third kappa shape index (κ3) is 7.99. The maximum atomic E-state index is 2.28. The molecule has 0 aromatic heterocycles. The second-order valence-corrected chi connectivity index (χ2v) is 11.4. The van der Waals surface area contributed by atoms with E-state index >= 15 is 0 Å². The van der Waals surface area contributed by atoms with Gasteiger partial charge in [-0.25, -0.2) is 0 Å². The second-order valence-electron chi connectivity index (χ2n) is 11.4. The van der Waals surface area contributed by atoms with E-state index < -0.39 is 0 Å². The van der Waals surface area contributed by atoms with Gasteiger partial charge in [0.15, 0.2) is 0 Å². The van der Waals surface area contributed by atoms with Gasteiger partial charge < -0.3 is 9.80 Å². The summed E-state index contributed by atoms with van der Waals surface area (Å²) in [4.78, 5) is 4.55. The lowest BCUT2D eigenvalue weighted by molar-refractivity contribution is 1.20. The van der Waals surface area contributed by atoms with Crippen molar-refractivity contribution < 1.29 is 0 Å². The van der Waals surface area contributed by atoms with E-state index in [1.54, 1.807) is 0 Å². The molecule has 2 nitrogen and oxygen atoms in total. The lowest BCUT2D eigenvalue weighted by atomic mass is 10.1. The van der Waals surface area contributed by atoms with Gasteiger partial charge in [0.05, 0.1) is 0 Å². The van der Waals surface area contributed by atoms with Gasteiger partial charge in [0, 0.05) is 34.1 Å².